The fourth-order valence-corrected chi connectivity index (χ4v) is 4.54. The number of carbonyl (C=O) groups excluding carboxylic acids is 3. The predicted molar refractivity (Wildman–Crippen MR) is 82.7 cm³/mol. The first kappa shape index (κ1) is 13.0. The first-order valence-electron chi connectivity index (χ1n) is 6.30. The number of hydrogen-bond acceptors (Lipinski definition) is 4. The van der Waals surface area contributed by atoms with Crippen LogP contribution in [0.15, 0.2) is 41.3 Å². The van der Waals surface area contributed by atoms with Gasteiger partial charge in [0, 0.05) is 32.7 Å². The molecule has 102 valence electrons. The van der Waals surface area contributed by atoms with Crippen molar-refractivity contribution >= 4 is 45.0 Å². The Morgan fingerprint density at radius 1 is 0.810 bits per heavy atom. The summed E-state index contributed by atoms with van der Waals surface area (Å²) in [5.74, 6) is -0.584. The summed E-state index contributed by atoms with van der Waals surface area (Å²) in [4.78, 5) is 38.3. The third-order valence-corrected chi connectivity index (χ3v) is 5.73. The van der Waals surface area contributed by atoms with Crippen molar-refractivity contribution < 1.29 is 14.4 Å². The first-order valence-corrected chi connectivity index (χ1v) is 8.09. The number of benzene rings is 2. The van der Waals surface area contributed by atoms with E-state index in [0.717, 1.165) is 4.90 Å². The van der Waals surface area contributed by atoms with E-state index in [2.05, 4.69) is 15.9 Å². The molecule has 5 heteroatoms. The number of thioether (sulfide) groups is 1. The molecule has 1 atom stereocenters. The lowest BCUT2D eigenvalue weighted by atomic mass is 9.81. The van der Waals surface area contributed by atoms with E-state index in [1.165, 1.54) is 11.8 Å². The minimum Gasteiger partial charge on any atom is -0.292 e. The lowest BCUT2D eigenvalue weighted by molar-refractivity contribution is 0.0967. The molecule has 0 saturated heterocycles. The van der Waals surface area contributed by atoms with Crippen LogP contribution in [-0.4, -0.2) is 21.5 Å². The lowest BCUT2D eigenvalue weighted by Crippen LogP contribution is -2.24. The molecule has 0 N–H and O–H groups in total. The minimum absolute atomic E-state index is 0.146. The van der Waals surface area contributed by atoms with E-state index in [4.69, 9.17) is 0 Å². The summed E-state index contributed by atoms with van der Waals surface area (Å²) in [6.45, 7) is 0. The average Bonchev–Trinajstić information content (AvgIpc) is 2.79. The molecule has 4 rings (SSSR count). The number of carbonyl (C=O) groups is 3. The molecule has 0 spiro atoms. The molecule has 0 saturated carbocycles. The topological polar surface area (TPSA) is 51.2 Å². The lowest BCUT2D eigenvalue weighted by Gasteiger charge is -2.19. The van der Waals surface area contributed by atoms with Crippen LogP contribution in [0.5, 0.6) is 0 Å². The van der Waals surface area contributed by atoms with Crippen LogP contribution >= 0.6 is 27.7 Å². The average molecular weight is 359 g/mol. The maximum Gasteiger partial charge on any atom is 0.195 e. The van der Waals surface area contributed by atoms with E-state index in [1.54, 1.807) is 36.4 Å². The highest BCUT2D eigenvalue weighted by Gasteiger charge is 2.39. The SMILES string of the molecule is O=C1c2ccccc2C(=O)c2c1ccc1c2C(=O)[C@@H](Br)S1. The van der Waals surface area contributed by atoms with Crippen LogP contribution in [-0.2, 0) is 0 Å². The molecular formula is C16H7BrO3S. The zero-order chi connectivity index (χ0) is 14.7. The maximum atomic E-state index is 12.7. The summed E-state index contributed by atoms with van der Waals surface area (Å²) in [7, 11) is 0. The molecule has 0 aromatic heterocycles. The number of alkyl halides is 1. The van der Waals surface area contributed by atoms with E-state index in [1.807, 2.05) is 0 Å². The summed E-state index contributed by atoms with van der Waals surface area (Å²) in [6, 6.07) is 10.1. The van der Waals surface area contributed by atoms with Gasteiger partial charge in [-0.2, -0.15) is 0 Å². The Hall–Kier alpha value is -1.72. The second kappa shape index (κ2) is 4.39. The maximum absolute atomic E-state index is 12.7. The number of fused-ring (bicyclic) bond motifs is 4. The molecule has 0 bridgehead atoms. The van der Waals surface area contributed by atoms with Gasteiger partial charge < -0.3 is 0 Å². The van der Waals surface area contributed by atoms with Gasteiger partial charge in [0.1, 0.15) is 4.16 Å². The van der Waals surface area contributed by atoms with Gasteiger partial charge in [0.15, 0.2) is 17.3 Å². The van der Waals surface area contributed by atoms with E-state index in [9.17, 15) is 14.4 Å². The highest BCUT2D eigenvalue weighted by atomic mass is 79.9. The van der Waals surface area contributed by atoms with Crippen molar-refractivity contribution in [1.82, 2.24) is 0 Å². The third-order valence-electron chi connectivity index (χ3n) is 3.74. The monoisotopic (exact) mass is 358 g/mol. The molecule has 21 heavy (non-hydrogen) atoms. The number of Topliss-reactive ketones (excluding diaryl/α,β-unsaturated/α-hetero) is 1. The van der Waals surface area contributed by atoms with Crippen LogP contribution in [0.25, 0.3) is 0 Å². The molecule has 2 aromatic carbocycles. The zero-order valence-electron chi connectivity index (χ0n) is 10.6. The second-order valence-corrected chi connectivity index (χ2v) is 7.53. The van der Waals surface area contributed by atoms with Crippen LogP contribution in [0.2, 0.25) is 0 Å². The van der Waals surface area contributed by atoms with Crippen molar-refractivity contribution in [2.75, 3.05) is 0 Å². The van der Waals surface area contributed by atoms with Crippen LogP contribution in [0, 0.1) is 0 Å². The fraction of sp³-hybridized carbons (Fsp3) is 0.0625. The standard InChI is InChI=1S/C16H7BrO3S/c17-16-15(20)12-10(21-16)6-5-9-11(12)14(19)8-4-2-1-3-7(8)13(9)18/h1-6,16H/t16-/m0/s1. The summed E-state index contributed by atoms with van der Waals surface area (Å²) in [6.07, 6.45) is 0. The Morgan fingerprint density at radius 2 is 1.48 bits per heavy atom. The van der Waals surface area contributed by atoms with Gasteiger partial charge in [-0.15, -0.1) is 11.8 Å². The molecule has 1 aliphatic heterocycles. The molecule has 0 radical (unpaired) electrons. The van der Waals surface area contributed by atoms with Crippen molar-refractivity contribution in [1.29, 1.82) is 0 Å². The number of hydrogen-bond donors (Lipinski definition) is 0. The fourth-order valence-electron chi connectivity index (χ4n) is 2.79. The van der Waals surface area contributed by atoms with Crippen molar-refractivity contribution in [2.45, 2.75) is 9.05 Å². The highest BCUT2D eigenvalue weighted by Crippen LogP contribution is 2.44. The van der Waals surface area contributed by atoms with Crippen molar-refractivity contribution in [3.05, 3.63) is 64.2 Å². The molecule has 3 nitrogen and oxygen atoms in total. The number of rotatable bonds is 0. The van der Waals surface area contributed by atoms with Crippen LogP contribution in [0.4, 0.5) is 0 Å². The van der Waals surface area contributed by atoms with E-state index < -0.39 is 0 Å². The molecule has 0 unspecified atom stereocenters. The van der Waals surface area contributed by atoms with Gasteiger partial charge in [-0.3, -0.25) is 14.4 Å². The Balaban J connectivity index is 2.06. The molecule has 2 aromatic rings. The van der Waals surface area contributed by atoms with Gasteiger partial charge in [0.05, 0.1) is 0 Å². The Kier molecular flexibility index (Phi) is 2.71. The van der Waals surface area contributed by atoms with E-state index in [0.29, 0.717) is 22.3 Å². The molecule has 0 amide bonds. The van der Waals surface area contributed by atoms with Crippen LogP contribution < -0.4 is 0 Å². The molecule has 1 aliphatic carbocycles. The van der Waals surface area contributed by atoms with Crippen LogP contribution in [0.3, 0.4) is 0 Å². The largest absolute Gasteiger partial charge is 0.292 e. The molecule has 0 fully saturated rings. The Bertz CT molecular complexity index is 857. The van der Waals surface area contributed by atoms with Gasteiger partial charge in [0.25, 0.3) is 0 Å². The zero-order valence-corrected chi connectivity index (χ0v) is 13.0. The Morgan fingerprint density at radius 3 is 2.19 bits per heavy atom. The number of ketones is 3. The quantitative estimate of drug-likeness (QED) is 0.577. The summed E-state index contributed by atoms with van der Waals surface area (Å²) in [5, 5.41) is 0. The highest BCUT2D eigenvalue weighted by molar-refractivity contribution is 9.11. The second-order valence-electron chi connectivity index (χ2n) is 4.86. The summed E-state index contributed by atoms with van der Waals surface area (Å²) >= 11 is 4.66. The number of halogens is 1. The smallest absolute Gasteiger partial charge is 0.195 e. The van der Waals surface area contributed by atoms with Gasteiger partial charge in [-0.05, 0) is 12.1 Å². The van der Waals surface area contributed by atoms with E-state index in [-0.39, 0.29) is 27.1 Å². The van der Waals surface area contributed by atoms with E-state index >= 15 is 0 Å². The van der Waals surface area contributed by atoms with Gasteiger partial charge >= 0.3 is 0 Å². The van der Waals surface area contributed by atoms with Crippen molar-refractivity contribution in [3.8, 4) is 0 Å². The van der Waals surface area contributed by atoms with Crippen LogP contribution in [0.1, 0.15) is 42.2 Å². The minimum atomic E-state index is -0.390. The van der Waals surface area contributed by atoms with Gasteiger partial charge in [0.2, 0.25) is 0 Å². The Labute approximate surface area is 132 Å². The van der Waals surface area contributed by atoms with Crippen molar-refractivity contribution in [2.24, 2.45) is 0 Å². The van der Waals surface area contributed by atoms with Gasteiger partial charge in [-0.25, -0.2) is 0 Å². The van der Waals surface area contributed by atoms with Crippen molar-refractivity contribution in [3.63, 3.8) is 0 Å². The molecular weight excluding hydrogens is 352 g/mol. The molecule has 2 aliphatic rings. The summed E-state index contributed by atoms with van der Waals surface area (Å²) in [5.41, 5.74) is 1.75. The predicted octanol–water partition coefficient (Wildman–Crippen LogP) is 3.47. The summed E-state index contributed by atoms with van der Waals surface area (Å²) < 4.78 is -0.390. The first-order chi connectivity index (χ1) is 10.1. The molecule has 1 heterocycles. The van der Waals surface area contributed by atoms with Gasteiger partial charge in [-0.1, -0.05) is 40.2 Å². The normalized spacial score (nSPS) is 19.3. The third kappa shape index (κ3) is 1.64.